The molecule has 1 aliphatic rings. The van der Waals surface area contributed by atoms with Crippen molar-refractivity contribution < 1.29 is 9.59 Å². The highest BCUT2D eigenvalue weighted by Crippen LogP contribution is 2.09. The summed E-state index contributed by atoms with van der Waals surface area (Å²) < 4.78 is 0. The van der Waals surface area contributed by atoms with Gasteiger partial charge in [-0.05, 0) is 31.9 Å². The van der Waals surface area contributed by atoms with Crippen molar-refractivity contribution in [2.24, 2.45) is 0 Å². The number of carbonyl (C=O) groups excluding carboxylic acids is 2. The molecule has 2 amide bonds. The van der Waals surface area contributed by atoms with Crippen molar-refractivity contribution in [1.82, 2.24) is 15.2 Å². The smallest absolute Gasteiger partial charge is 0.263 e. The number of likely N-dealkylation sites (tertiary alicyclic amines) is 1. The Balaban J connectivity index is 1.76. The Bertz CT molecular complexity index is 661. The SMILES string of the molecule is Cc1ccc(N/C=C(/C#N)C(=O)NCCCN2CCCC2=O)cn1. The van der Waals surface area contributed by atoms with E-state index < -0.39 is 5.91 Å². The van der Waals surface area contributed by atoms with Gasteiger partial charge in [-0.2, -0.15) is 5.26 Å². The second-order valence-corrected chi connectivity index (χ2v) is 5.60. The molecule has 0 aromatic carbocycles. The predicted octanol–water partition coefficient (Wildman–Crippen LogP) is 1.34. The molecule has 1 aromatic heterocycles. The molecule has 0 radical (unpaired) electrons. The Morgan fingerprint density at radius 1 is 1.50 bits per heavy atom. The largest absolute Gasteiger partial charge is 0.359 e. The first-order valence-corrected chi connectivity index (χ1v) is 7.95. The molecule has 24 heavy (non-hydrogen) atoms. The van der Waals surface area contributed by atoms with Gasteiger partial charge < -0.3 is 15.5 Å². The van der Waals surface area contributed by atoms with Crippen LogP contribution in [0.5, 0.6) is 0 Å². The van der Waals surface area contributed by atoms with E-state index >= 15 is 0 Å². The number of hydrogen-bond acceptors (Lipinski definition) is 5. The second kappa shape index (κ2) is 8.67. The molecule has 2 N–H and O–H groups in total. The molecule has 1 fully saturated rings. The van der Waals surface area contributed by atoms with Crippen molar-refractivity contribution in [1.29, 1.82) is 5.26 Å². The molecule has 0 aliphatic carbocycles. The zero-order valence-electron chi connectivity index (χ0n) is 13.7. The Morgan fingerprint density at radius 3 is 2.96 bits per heavy atom. The Hall–Kier alpha value is -2.88. The zero-order chi connectivity index (χ0) is 17.4. The van der Waals surface area contributed by atoms with E-state index in [1.165, 1.54) is 6.20 Å². The maximum Gasteiger partial charge on any atom is 0.263 e. The van der Waals surface area contributed by atoms with Crippen LogP contribution in [0.3, 0.4) is 0 Å². The van der Waals surface area contributed by atoms with Gasteiger partial charge in [0.2, 0.25) is 5.91 Å². The monoisotopic (exact) mass is 327 g/mol. The molecule has 0 spiro atoms. The zero-order valence-corrected chi connectivity index (χ0v) is 13.7. The lowest BCUT2D eigenvalue weighted by Gasteiger charge is -2.15. The lowest BCUT2D eigenvalue weighted by molar-refractivity contribution is -0.127. The molecule has 0 unspecified atom stereocenters. The minimum atomic E-state index is -0.433. The van der Waals surface area contributed by atoms with Crippen LogP contribution < -0.4 is 10.6 Å². The van der Waals surface area contributed by atoms with Crippen LogP contribution >= 0.6 is 0 Å². The summed E-state index contributed by atoms with van der Waals surface area (Å²) in [6.07, 6.45) is 5.20. The van der Waals surface area contributed by atoms with E-state index in [4.69, 9.17) is 5.26 Å². The normalized spacial score (nSPS) is 14.4. The molecule has 0 saturated carbocycles. The third kappa shape index (κ3) is 5.09. The van der Waals surface area contributed by atoms with Gasteiger partial charge in [0.15, 0.2) is 0 Å². The third-order valence-electron chi connectivity index (χ3n) is 3.72. The number of anilines is 1. The molecule has 1 saturated heterocycles. The van der Waals surface area contributed by atoms with E-state index in [1.54, 1.807) is 11.1 Å². The minimum absolute atomic E-state index is 0.00664. The molecule has 2 heterocycles. The number of pyridine rings is 1. The average Bonchev–Trinajstić information content (AvgIpc) is 2.99. The van der Waals surface area contributed by atoms with E-state index in [2.05, 4.69) is 15.6 Å². The number of amides is 2. The summed E-state index contributed by atoms with van der Waals surface area (Å²) >= 11 is 0. The van der Waals surface area contributed by atoms with Gasteiger partial charge in [-0.3, -0.25) is 14.6 Å². The molecular formula is C17H21N5O2. The van der Waals surface area contributed by atoms with E-state index in [0.717, 1.165) is 18.7 Å². The topological polar surface area (TPSA) is 98.1 Å². The molecule has 7 heteroatoms. The van der Waals surface area contributed by atoms with Gasteiger partial charge in [0.25, 0.3) is 5.91 Å². The Labute approximate surface area is 141 Å². The third-order valence-corrected chi connectivity index (χ3v) is 3.72. The Kier molecular flexibility index (Phi) is 6.32. The average molecular weight is 327 g/mol. The molecule has 7 nitrogen and oxygen atoms in total. The minimum Gasteiger partial charge on any atom is -0.359 e. The summed E-state index contributed by atoms with van der Waals surface area (Å²) in [5.41, 5.74) is 1.58. The van der Waals surface area contributed by atoms with Crippen LogP contribution in [0, 0.1) is 18.3 Å². The van der Waals surface area contributed by atoms with Gasteiger partial charge in [-0.1, -0.05) is 0 Å². The van der Waals surface area contributed by atoms with Crippen LogP contribution in [0.2, 0.25) is 0 Å². The fraction of sp³-hybridized carbons (Fsp3) is 0.412. The lowest BCUT2D eigenvalue weighted by atomic mass is 10.2. The number of carbonyl (C=O) groups is 2. The highest BCUT2D eigenvalue weighted by Gasteiger charge is 2.19. The molecule has 2 rings (SSSR count). The van der Waals surface area contributed by atoms with Crippen LogP contribution in [0.1, 0.15) is 25.0 Å². The molecule has 1 aliphatic heterocycles. The number of aromatic nitrogens is 1. The fourth-order valence-electron chi connectivity index (χ4n) is 2.36. The summed E-state index contributed by atoms with van der Waals surface area (Å²) in [6, 6.07) is 5.53. The quantitative estimate of drug-likeness (QED) is 0.447. The highest BCUT2D eigenvalue weighted by atomic mass is 16.2. The summed E-state index contributed by atoms with van der Waals surface area (Å²) in [7, 11) is 0. The van der Waals surface area contributed by atoms with Crippen molar-refractivity contribution >= 4 is 17.5 Å². The highest BCUT2D eigenvalue weighted by molar-refractivity contribution is 5.97. The van der Waals surface area contributed by atoms with Crippen molar-refractivity contribution in [2.75, 3.05) is 25.0 Å². The fourth-order valence-corrected chi connectivity index (χ4v) is 2.36. The van der Waals surface area contributed by atoms with Crippen LogP contribution in [0.15, 0.2) is 30.1 Å². The van der Waals surface area contributed by atoms with Gasteiger partial charge in [0.05, 0.1) is 11.9 Å². The standard InChI is InChI=1S/C17H21N5O2/c1-13-5-6-15(12-20-13)21-11-14(10-18)17(24)19-7-3-9-22-8-2-4-16(22)23/h5-6,11-12,21H,2-4,7-9H2,1H3,(H,19,24)/b14-11-. The molecule has 126 valence electrons. The van der Waals surface area contributed by atoms with Gasteiger partial charge in [0, 0.05) is 37.9 Å². The van der Waals surface area contributed by atoms with Crippen LogP contribution in [-0.2, 0) is 9.59 Å². The maximum absolute atomic E-state index is 12.0. The second-order valence-electron chi connectivity index (χ2n) is 5.60. The number of rotatable bonds is 7. The summed E-state index contributed by atoms with van der Waals surface area (Å²) in [5, 5.41) is 14.7. The van der Waals surface area contributed by atoms with Crippen molar-refractivity contribution in [2.45, 2.75) is 26.2 Å². The van der Waals surface area contributed by atoms with Crippen LogP contribution in [0.25, 0.3) is 0 Å². The van der Waals surface area contributed by atoms with Gasteiger partial charge >= 0.3 is 0 Å². The van der Waals surface area contributed by atoms with Crippen molar-refractivity contribution in [3.8, 4) is 6.07 Å². The van der Waals surface area contributed by atoms with Crippen LogP contribution in [-0.4, -0.2) is 41.3 Å². The first-order chi connectivity index (χ1) is 11.6. The number of nitriles is 1. The maximum atomic E-state index is 12.0. The summed E-state index contributed by atoms with van der Waals surface area (Å²) in [4.78, 5) is 29.4. The van der Waals surface area contributed by atoms with Gasteiger partial charge in [0.1, 0.15) is 11.6 Å². The van der Waals surface area contributed by atoms with E-state index in [0.29, 0.717) is 31.6 Å². The van der Waals surface area contributed by atoms with Gasteiger partial charge in [-0.25, -0.2) is 0 Å². The molecule has 0 bridgehead atoms. The number of aryl methyl sites for hydroxylation is 1. The van der Waals surface area contributed by atoms with Gasteiger partial charge in [-0.15, -0.1) is 0 Å². The Morgan fingerprint density at radius 2 is 2.33 bits per heavy atom. The summed E-state index contributed by atoms with van der Waals surface area (Å²) in [5.74, 6) is -0.257. The van der Waals surface area contributed by atoms with E-state index in [9.17, 15) is 9.59 Å². The number of hydrogen-bond donors (Lipinski definition) is 2. The van der Waals surface area contributed by atoms with E-state index in [-0.39, 0.29) is 11.5 Å². The predicted molar refractivity (Wildman–Crippen MR) is 89.7 cm³/mol. The first kappa shape index (κ1) is 17.5. The van der Waals surface area contributed by atoms with E-state index in [1.807, 2.05) is 25.1 Å². The van der Waals surface area contributed by atoms with Crippen LogP contribution in [0.4, 0.5) is 5.69 Å². The molecular weight excluding hydrogens is 306 g/mol. The summed E-state index contributed by atoms with van der Waals surface area (Å²) in [6.45, 7) is 3.74. The molecule has 1 aromatic rings. The molecule has 0 atom stereocenters. The number of nitrogens with zero attached hydrogens (tertiary/aromatic N) is 3. The van der Waals surface area contributed by atoms with Crippen molar-refractivity contribution in [3.05, 3.63) is 35.8 Å². The first-order valence-electron chi connectivity index (χ1n) is 7.95. The lowest BCUT2D eigenvalue weighted by Crippen LogP contribution is -2.31. The van der Waals surface area contributed by atoms with Crippen molar-refractivity contribution in [3.63, 3.8) is 0 Å². The number of nitrogens with one attached hydrogen (secondary N) is 2.